The fourth-order valence-electron chi connectivity index (χ4n) is 1.71. The lowest BCUT2D eigenvalue weighted by Crippen LogP contribution is -2.33. The first-order chi connectivity index (χ1) is 9.43. The van der Waals surface area contributed by atoms with E-state index in [-0.39, 0.29) is 23.4 Å². The number of hydrogen-bond donors (Lipinski definition) is 3. The zero-order chi connectivity index (χ0) is 14.9. The van der Waals surface area contributed by atoms with Gasteiger partial charge in [0.05, 0.1) is 0 Å². The molecule has 0 unspecified atom stereocenters. The van der Waals surface area contributed by atoms with Crippen LogP contribution in [0.25, 0.3) is 0 Å². The van der Waals surface area contributed by atoms with E-state index in [0.29, 0.717) is 16.9 Å². The summed E-state index contributed by atoms with van der Waals surface area (Å²) in [5, 5.41) is 2.45. The molecule has 4 N–H and O–H groups in total. The van der Waals surface area contributed by atoms with E-state index in [4.69, 9.17) is 10.3 Å². The Labute approximate surface area is 113 Å². The number of amides is 1. The molecule has 0 aliphatic rings. The maximum absolute atomic E-state index is 12.0. The van der Waals surface area contributed by atoms with Crippen molar-refractivity contribution in [3.05, 3.63) is 55.5 Å². The van der Waals surface area contributed by atoms with Crippen molar-refractivity contribution in [1.82, 2.24) is 15.2 Å². The van der Waals surface area contributed by atoms with E-state index in [9.17, 15) is 14.4 Å². The number of H-pyrrole nitrogens is 1. The molecule has 106 valence electrons. The summed E-state index contributed by atoms with van der Waals surface area (Å²) in [5.41, 5.74) is 2.04. The largest absolute Gasteiger partial charge is 0.454 e. The molecule has 0 aromatic carbocycles. The lowest BCUT2D eigenvalue weighted by atomic mass is 10.2. The van der Waals surface area contributed by atoms with Crippen LogP contribution in [0.4, 0.5) is 0 Å². The number of hydrazine groups is 1. The molecule has 0 aliphatic carbocycles. The number of aromatic nitrogens is 2. The number of carbonyl (C=O) groups is 1. The van der Waals surface area contributed by atoms with Crippen molar-refractivity contribution in [1.29, 1.82) is 0 Å². The standard InChI is InChI=1S/C12H14N4O4/c1-6-7(2)12(19)16(15-10(6)17)5-8-3-4-9(20-8)11(18)14-13/h3-4H,5,13H2,1-2H3,(H,14,18)(H,15,17). The van der Waals surface area contributed by atoms with Gasteiger partial charge < -0.3 is 4.42 Å². The zero-order valence-corrected chi connectivity index (χ0v) is 11.0. The molecule has 8 nitrogen and oxygen atoms in total. The predicted octanol–water partition coefficient (Wildman–Crippen LogP) is -0.602. The quantitative estimate of drug-likeness (QED) is 0.393. The molecular weight excluding hydrogens is 264 g/mol. The molecule has 0 saturated carbocycles. The Balaban J connectivity index is 2.36. The van der Waals surface area contributed by atoms with E-state index in [1.165, 1.54) is 12.1 Å². The lowest BCUT2D eigenvalue weighted by Gasteiger charge is -2.06. The highest BCUT2D eigenvalue weighted by Gasteiger charge is 2.12. The summed E-state index contributed by atoms with van der Waals surface area (Å²) in [6.07, 6.45) is 0. The molecule has 0 saturated heterocycles. The van der Waals surface area contributed by atoms with Crippen LogP contribution in [0.1, 0.15) is 27.4 Å². The van der Waals surface area contributed by atoms with Gasteiger partial charge in [-0.25, -0.2) is 10.5 Å². The van der Waals surface area contributed by atoms with Crippen LogP contribution in [-0.2, 0) is 6.54 Å². The summed E-state index contributed by atoms with van der Waals surface area (Å²) in [7, 11) is 0. The van der Waals surface area contributed by atoms with E-state index in [2.05, 4.69) is 5.10 Å². The van der Waals surface area contributed by atoms with Gasteiger partial charge in [0.2, 0.25) is 0 Å². The second kappa shape index (κ2) is 5.17. The average Bonchev–Trinajstić information content (AvgIpc) is 2.90. The molecule has 8 heteroatoms. The van der Waals surface area contributed by atoms with Crippen molar-refractivity contribution in [3.63, 3.8) is 0 Å². The SMILES string of the molecule is Cc1c(C)c(=O)n(Cc2ccc(C(=O)NN)o2)[nH]c1=O. The van der Waals surface area contributed by atoms with Crippen LogP contribution in [0.2, 0.25) is 0 Å². The summed E-state index contributed by atoms with van der Waals surface area (Å²) in [4.78, 5) is 34.9. The van der Waals surface area contributed by atoms with Crippen molar-refractivity contribution in [3.8, 4) is 0 Å². The third-order valence-corrected chi connectivity index (χ3v) is 3.04. The Kier molecular flexibility index (Phi) is 3.57. The number of nitrogen functional groups attached to an aromatic ring is 1. The molecule has 0 bridgehead atoms. The normalized spacial score (nSPS) is 10.6. The Morgan fingerprint density at radius 2 is 2.05 bits per heavy atom. The van der Waals surface area contributed by atoms with Crippen LogP contribution in [0, 0.1) is 13.8 Å². The molecule has 2 heterocycles. The van der Waals surface area contributed by atoms with E-state index >= 15 is 0 Å². The van der Waals surface area contributed by atoms with E-state index in [1.807, 2.05) is 5.43 Å². The Bertz CT molecular complexity index is 768. The topological polar surface area (TPSA) is 123 Å². The van der Waals surface area contributed by atoms with Crippen LogP contribution < -0.4 is 22.4 Å². The fourth-order valence-corrected chi connectivity index (χ4v) is 1.71. The van der Waals surface area contributed by atoms with Crippen molar-refractivity contribution >= 4 is 5.91 Å². The summed E-state index contributed by atoms with van der Waals surface area (Å²) in [6.45, 7) is 3.18. The Morgan fingerprint density at radius 1 is 1.35 bits per heavy atom. The average molecular weight is 278 g/mol. The lowest BCUT2D eigenvalue weighted by molar-refractivity contribution is 0.0924. The molecule has 2 aromatic rings. The summed E-state index contributed by atoms with van der Waals surface area (Å²) >= 11 is 0. The minimum Gasteiger partial charge on any atom is -0.454 e. The maximum atomic E-state index is 12.0. The highest BCUT2D eigenvalue weighted by Crippen LogP contribution is 2.08. The van der Waals surface area contributed by atoms with E-state index < -0.39 is 5.91 Å². The summed E-state index contributed by atoms with van der Waals surface area (Å²) in [6, 6.07) is 2.96. The van der Waals surface area contributed by atoms with Gasteiger partial charge in [-0.05, 0) is 26.0 Å². The van der Waals surface area contributed by atoms with Crippen LogP contribution >= 0.6 is 0 Å². The summed E-state index contributed by atoms with van der Waals surface area (Å²) in [5.74, 6) is 4.79. The zero-order valence-electron chi connectivity index (χ0n) is 11.0. The highest BCUT2D eigenvalue weighted by molar-refractivity contribution is 5.90. The van der Waals surface area contributed by atoms with Gasteiger partial charge in [-0.1, -0.05) is 0 Å². The van der Waals surface area contributed by atoms with Gasteiger partial charge in [0.15, 0.2) is 5.76 Å². The molecule has 0 spiro atoms. The van der Waals surface area contributed by atoms with Gasteiger partial charge in [-0.3, -0.25) is 24.9 Å². The molecular formula is C12H14N4O4. The van der Waals surface area contributed by atoms with E-state index in [0.717, 1.165) is 4.68 Å². The molecule has 0 radical (unpaired) electrons. The number of furan rings is 1. The Morgan fingerprint density at radius 3 is 2.70 bits per heavy atom. The second-order valence-corrected chi connectivity index (χ2v) is 4.32. The van der Waals surface area contributed by atoms with Crippen LogP contribution in [0.5, 0.6) is 0 Å². The third-order valence-electron chi connectivity index (χ3n) is 3.04. The maximum Gasteiger partial charge on any atom is 0.300 e. The van der Waals surface area contributed by atoms with Gasteiger partial charge in [-0.2, -0.15) is 0 Å². The number of hydrogen-bond acceptors (Lipinski definition) is 5. The number of nitrogens with one attached hydrogen (secondary N) is 2. The molecule has 20 heavy (non-hydrogen) atoms. The van der Waals surface area contributed by atoms with Gasteiger partial charge in [0, 0.05) is 11.1 Å². The molecule has 0 atom stereocenters. The third kappa shape index (κ3) is 2.41. The van der Waals surface area contributed by atoms with Crippen LogP contribution in [0.3, 0.4) is 0 Å². The smallest absolute Gasteiger partial charge is 0.300 e. The van der Waals surface area contributed by atoms with Crippen LogP contribution in [-0.4, -0.2) is 15.7 Å². The first-order valence-electron chi connectivity index (χ1n) is 5.84. The van der Waals surface area contributed by atoms with Crippen molar-refractivity contribution in [2.45, 2.75) is 20.4 Å². The minimum absolute atomic E-state index is 0.0209. The predicted molar refractivity (Wildman–Crippen MR) is 70.3 cm³/mol. The second-order valence-electron chi connectivity index (χ2n) is 4.32. The number of carbonyl (C=O) groups excluding carboxylic acids is 1. The summed E-state index contributed by atoms with van der Waals surface area (Å²) < 4.78 is 6.36. The number of rotatable bonds is 3. The number of aromatic amines is 1. The monoisotopic (exact) mass is 278 g/mol. The minimum atomic E-state index is -0.572. The van der Waals surface area contributed by atoms with Crippen molar-refractivity contribution < 1.29 is 9.21 Å². The molecule has 1 amide bonds. The van der Waals surface area contributed by atoms with Crippen molar-refractivity contribution in [2.24, 2.45) is 5.84 Å². The first kappa shape index (κ1) is 13.8. The number of nitrogens with two attached hydrogens (primary N) is 1. The van der Waals surface area contributed by atoms with Gasteiger partial charge in [0.25, 0.3) is 11.1 Å². The first-order valence-corrected chi connectivity index (χ1v) is 5.84. The Hall–Kier alpha value is -2.61. The highest BCUT2D eigenvalue weighted by atomic mass is 16.4. The van der Waals surface area contributed by atoms with Crippen molar-refractivity contribution in [2.75, 3.05) is 0 Å². The van der Waals surface area contributed by atoms with Crippen LogP contribution in [0.15, 0.2) is 26.1 Å². The van der Waals surface area contributed by atoms with E-state index in [1.54, 1.807) is 13.8 Å². The van der Waals surface area contributed by atoms with Gasteiger partial charge in [0.1, 0.15) is 12.3 Å². The molecule has 0 fully saturated rings. The molecule has 0 aliphatic heterocycles. The molecule has 2 aromatic heterocycles. The molecule has 2 rings (SSSR count). The van der Waals surface area contributed by atoms with Gasteiger partial charge >= 0.3 is 5.91 Å². The fraction of sp³-hybridized carbons (Fsp3) is 0.250. The number of nitrogens with zero attached hydrogens (tertiary/aromatic N) is 1. The van der Waals surface area contributed by atoms with Gasteiger partial charge in [-0.15, -0.1) is 0 Å².